The van der Waals surface area contributed by atoms with Crippen molar-refractivity contribution in [2.75, 3.05) is 37.4 Å². The van der Waals surface area contributed by atoms with Crippen molar-refractivity contribution in [3.8, 4) is 22.6 Å². The molecule has 5 rings (SSSR count). The molecule has 0 radical (unpaired) electrons. The van der Waals surface area contributed by atoms with Crippen LogP contribution in [-0.2, 0) is 15.0 Å². The van der Waals surface area contributed by atoms with Gasteiger partial charge in [0, 0.05) is 50.2 Å². The van der Waals surface area contributed by atoms with Gasteiger partial charge in [0.1, 0.15) is 11.5 Å². The lowest BCUT2D eigenvalue weighted by atomic mass is 9.72. The van der Waals surface area contributed by atoms with Crippen LogP contribution in [0.3, 0.4) is 0 Å². The monoisotopic (exact) mass is 541 g/mol. The number of anilines is 2. The molecule has 0 aliphatic carbocycles. The zero-order valence-corrected chi connectivity index (χ0v) is 23.0. The van der Waals surface area contributed by atoms with Crippen molar-refractivity contribution in [1.82, 2.24) is 15.5 Å². The molecule has 0 atom stereocenters. The van der Waals surface area contributed by atoms with Gasteiger partial charge in [-0.2, -0.15) is 5.10 Å². The lowest BCUT2D eigenvalue weighted by Crippen LogP contribution is -2.48. The van der Waals surface area contributed by atoms with Gasteiger partial charge in [0.15, 0.2) is 0 Å². The summed E-state index contributed by atoms with van der Waals surface area (Å²) < 4.78 is 6.02. The summed E-state index contributed by atoms with van der Waals surface area (Å²) in [4.78, 5) is 24.7. The van der Waals surface area contributed by atoms with E-state index in [9.17, 15) is 4.79 Å². The van der Waals surface area contributed by atoms with Gasteiger partial charge in [0.2, 0.25) is 5.91 Å². The lowest BCUT2D eigenvalue weighted by molar-refractivity contribution is -0.134. The topological polar surface area (TPSA) is 120 Å². The number of piperidine rings is 1. The Hall–Kier alpha value is -4.63. The number of hydrogen-bond acceptors (Lipinski definition) is 6. The average Bonchev–Trinajstić information content (AvgIpc) is 3.50. The first-order valence-corrected chi connectivity index (χ1v) is 13.1. The predicted molar refractivity (Wildman–Crippen MR) is 157 cm³/mol. The maximum atomic E-state index is 13.7. The molecule has 9 nitrogen and oxygen atoms in total. The molecule has 4 N–H and O–H groups in total. The summed E-state index contributed by atoms with van der Waals surface area (Å²) in [5.74, 6) is 0.674. The highest BCUT2D eigenvalue weighted by molar-refractivity contribution is 5.99. The molecule has 2 heterocycles. The Bertz CT molecular complexity index is 1390. The fraction of sp³-hybridized carbons (Fsp3) is 0.258. The Kier molecular flexibility index (Phi) is 9.19. The van der Waals surface area contributed by atoms with Crippen molar-refractivity contribution >= 4 is 23.3 Å². The van der Waals surface area contributed by atoms with Crippen LogP contribution < -0.4 is 20.3 Å². The van der Waals surface area contributed by atoms with Gasteiger partial charge in [0.25, 0.3) is 5.97 Å². The molecule has 1 aromatic heterocycles. The minimum atomic E-state index is -0.833. The van der Waals surface area contributed by atoms with E-state index in [1.807, 2.05) is 73.7 Å². The zero-order valence-electron chi connectivity index (χ0n) is 23.0. The molecule has 208 valence electrons. The maximum Gasteiger partial charge on any atom is 0.300 e. The summed E-state index contributed by atoms with van der Waals surface area (Å²) in [6.45, 7) is 2.69. The van der Waals surface area contributed by atoms with E-state index in [4.69, 9.17) is 14.6 Å². The molecule has 40 heavy (non-hydrogen) atoms. The van der Waals surface area contributed by atoms with E-state index in [-0.39, 0.29) is 5.91 Å². The Labute approximate surface area is 234 Å². The second-order valence-corrected chi connectivity index (χ2v) is 9.89. The van der Waals surface area contributed by atoms with Crippen LogP contribution in [-0.4, -0.2) is 54.4 Å². The van der Waals surface area contributed by atoms with E-state index in [1.165, 1.54) is 0 Å². The lowest BCUT2D eigenvalue weighted by Gasteiger charge is -2.37. The maximum absolute atomic E-state index is 13.7. The zero-order chi connectivity index (χ0) is 28.5. The van der Waals surface area contributed by atoms with E-state index in [1.54, 1.807) is 6.20 Å². The fourth-order valence-corrected chi connectivity index (χ4v) is 4.71. The van der Waals surface area contributed by atoms with Crippen molar-refractivity contribution in [3.05, 3.63) is 90.8 Å². The number of rotatable bonds is 7. The van der Waals surface area contributed by atoms with Crippen molar-refractivity contribution in [3.63, 3.8) is 0 Å². The van der Waals surface area contributed by atoms with Crippen LogP contribution in [0, 0.1) is 0 Å². The summed E-state index contributed by atoms with van der Waals surface area (Å²) >= 11 is 0. The molecule has 1 fully saturated rings. The number of aromatic amines is 1. The minimum Gasteiger partial charge on any atom is -0.481 e. The second kappa shape index (κ2) is 12.9. The molecule has 1 aliphatic heterocycles. The Balaban J connectivity index is 0.000000867. The number of carboxylic acid groups (broad SMARTS) is 1. The number of carbonyl (C=O) groups is 2. The van der Waals surface area contributed by atoms with Gasteiger partial charge in [-0.3, -0.25) is 14.7 Å². The highest BCUT2D eigenvalue weighted by atomic mass is 16.5. The minimum absolute atomic E-state index is 0.0208. The quantitative estimate of drug-likeness (QED) is 0.251. The molecule has 9 heteroatoms. The highest BCUT2D eigenvalue weighted by Crippen LogP contribution is 2.36. The first-order valence-electron chi connectivity index (χ1n) is 13.1. The molecule has 0 spiro atoms. The Morgan fingerprint density at radius 3 is 2.23 bits per heavy atom. The van der Waals surface area contributed by atoms with Crippen LogP contribution in [0.1, 0.15) is 25.3 Å². The number of H-pyrrole nitrogens is 1. The molecular weight excluding hydrogens is 506 g/mol. The number of ether oxygens (including phenoxy) is 1. The first kappa shape index (κ1) is 28.4. The SMILES string of the molecule is CC(=O)O.CN(C)c1cccc(Oc2ccc(NC(=O)C3(c4ccc(-c5cn[nH]c5)cc4)CCNCC3)cc2)c1. The largest absolute Gasteiger partial charge is 0.481 e. The number of nitrogens with zero attached hydrogens (tertiary/aromatic N) is 2. The van der Waals surface area contributed by atoms with Crippen LogP contribution in [0.5, 0.6) is 11.5 Å². The van der Waals surface area contributed by atoms with E-state index in [2.05, 4.69) is 45.1 Å². The van der Waals surface area contributed by atoms with Crippen molar-refractivity contribution in [2.45, 2.75) is 25.2 Å². The van der Waals surface area contributed by atoms with E-state index >= 15 is 0 Å². The van der Waals surface area contributed by atoms with Gasteiger partial charge < -0.3 is 25.4 Å². The first-order chi connectivity index (χ1) is 19.3. The Morgan fingerprint density at radius 1 is 0.950 bits per heavy atom. The number of hydrogen-bond donors (Lipinski definition) is 4. The third-order valence-corrected chi connectivity index (χ3v) is 6.84. The number of carboxylic acids is 1. The fourth-order valence-electron chi connectivity index (χ4n) is 4.71. The molecule has 0 saturated carbocycles. The molecule has 0 bridgehead atoms. The van der Waals surface area contributed by atoms with Gasteiger partial charge in [-0.25, -0.2) is 0 Å². The molecule has 3 aromatic carbocycles. The molecular formula is C31H35N5O4. The third-order valence-electron chi connectivity index (χ3n) is 6.84. The van der Waals surface area contributed by atoms with E-state index < -0.39 is 11.4 Å². The molecule has 1 amide bonds. The summed E-state index contributed by atoms with van der Waals surface area (Å²) in [5, 5.41) is 20.9. The molecule has 1 aliphatic rings. The van der Waals surface area contributed by atoms with Gasteiger partial charge in [-0.15, -0.1) is 0 Å². The van der Waals surface area contributed by atoms with Gasteiger partial charge in [-0.05, 0) is 73.5 Å². The van der Waals surface area contributed by atoms with Gasteiger partial charge >= 0.3 is 0 Å². The van der Waals surface area contributed by atoms with Crippen molar-refractivity contribution < 1.29 is 19.4 Å². The van der Waals surface area contributed by atoms with Crippen LogP contribution in [0.2, 0.25) is 0 Å². The normalized spacial score (nSPS) is 13.9. The number of nitrogens with one attached hydrogen (secondary N) is 3. The summed E-state index contributed by atoms with van der Waals surface area (Å²) in [6, 6.07) is 23.8. The molecule has 4 aromatic rings. The number of aliphatic carboxylic acids is 1. The smallest absolute Gasteiger partial charge is 0.300 e. The average molecular weight is 542 g/mol. The standard InChI is InChI=1S/C29H31N5O2.C2H4O2/c1-34(2)25-4-3-5-27(18-25)36-26-12-10-24(11-13-26)33-28(35)29(14-16-30-17-15-29)23-8-6-21(7-9-23)22-19-31-32-20-22;1-2(3)4/h3-13,18-20,30H,14-17H2,1-2H3,(H,31,32)(H,33,35);1H3,(H,3,4). The summed E-state index contributed by atoms with van der Waals surface area (Å²) in [6.07, 6.45) is 5.16. The summed E-state index contributed by atoms with van der Waals surface area (Å²) in [5.41, 5.74) is 4.38. The van der Waals surface area contributed by atoms with Gasteiger partial charge in [-0.1, -0.05) is 30.3 Å². The van der Waals surface area contributed by atoms with Gasteiger partial charge in [0.05, 0.1) is 11.6 Å². The number of aromatic nitrogens is 2. The number of carbonyl (C=O) groups excluding carboxylic acids is 1. The molecule has 1 saturated heterocycles. The third kappa shape index (κ3) is 7.06. The Morgan fingerprint density at radius 2 is 1.62 bits per heavy atom. The highest BCUT2D eigenvalue weighted by Gasteiger charge is 2.41. The second-order valence-electron chi connectivity index (χ2n) is 9.89. The van der Waals surface area contributed by atoms with Crippen molar-refractivity contribution in [1.29, 1.82) is 0 Å². The summed E-state index contributed by atoms with van der Waals surface area (Å²) in [7, 11) is 4.00. The number of amides is 1. The number of benzene rings is 3. The van der Waals surface area contributed by atoms with Crippen molar-refractivity contribution in [2.24, 2.45) is 0 Å². The van der Waals surface area contributed by atoms with E-state index in [0.29, 0.717) is 0 Å². The van der Waals surface area contributed by atoms with Crippen LogP contribution in [0.25, 0.3) is 11.1 Å². The van der Waals surface area contributed by atoms with Crippen LogP contribution >= 0.6 is 0 Å². The molecule has 0 unspecified atom stereocenters. The van der Waals surface area contributed by atoms with Crippen LogP contribution in [0.15, 0.2) is 85.2 Å². The van der Waals surface area contributed by atoms with Crippen LogP contribution in [0.4, 0.5) is 11.4 Å². The van der Waals surface area contributed by atoms with E-state index in [0.717, 1.165) is 72.4 Å². The predicted octanol–water partition coefficient (Wildman–Crippen LogP) is 5.29.